The number of anilines is 2. The van der Waals surface area contributed by atoms with Crippen LogP contribution in [0.5, 0.6) is 0 Å². The number of sulfonamides is 1. The third-order valence-electron chi connectivity index (χ3n) is 6.13. The molecule has 2 aromatic carbocycles. The van der Waals surface area contributed by atoms with Crippen LogP contribution in [0.25, 0.3) is 27.5 Å². The molecule has 0 unspecified atom stereocenters. The molecule has 0 amide bonds. The molecule has 0 spiro atoms. The van der Waals surface area contributed by atoms with Crippen molar-refractivity contribution >= 4 is 54.9 Å². The van der Waals surface area contributed by atoms with Crippen LogP contribution < -0.4 is 21.0 Å². The van der Waals surface area contributed by atoms with E-state index in [1.807, 2.05) is 4.72 Å². The molecule has 3 aromatic heterocycles. The Bertz CT molecular complexity index is 2010. The van der Waals surface area contributed by atoms with Gasteiger partial charge in [-0.05, 0) is 25.1 Å². The number of hydrogen-bond donors (Lipinski definition) is 3. The Morgan fingerprint density at radius 2 is 1.76 bits per heavy atom. The van der Waals surface area contributed by atoms with Gasteiger partial charge in [-0.15, -0.1) is 0 Å². The fraction of sp³-hybridized carbons (Fsp3) is 0.154. The van der Waals surface area contributed by atoms with E-state index in [1.54, 1.807) is 37.3 Å². The molecule has 0 bridgehead atoms. The molecule has 0 saturated carbocycles. The summed E-state index contributed by atoms with van der Waals surface area (Å²) in [7, 11) is -4.91. The zero-order valence-electron chi connectivity index (χ0n) is 21.0. The summed E-state index contributed by atoms with van der Waals surface area (Å²) in [5.74, 6) is -1.97. The highest BCUT2D eigenvalue weighted by molar-refractivity contribution is 7.92. The lowest BCUT2D eigenvalue weighted by Gasteiger charge is -2.24. The van der Waals surface area contributed by atoms with E-state index in [4.69, 9.17) is 11.6 Å². The number of pyridine rings is 2. The first-order valence-electron chi connectivity index (χ1n) is 11.9. The van der Waals surface area contributed by atoms with E-state index in [2.05, 4.69) is 20.3 Å². The molecule has 5 aromatic rings. The predicted molar refractivity (Wildman–Crippen MR) is 150 cm³/mol. The third kappa shape index (κ3) is 5.60. The van der Waals surface area contributed by atoms with E-state index in [9.17, 15) is 31.2 Å². The van der Waals surface area contributed by atoms with Crippen molar-refractivity contribution in [3.63, 3.8) is 0 Å². The first kappa shape index (κ1) is 28.1. The minimum absolute atomic E-state index is 0.0209. The number of alkyl halides is 3. The highest BCUT2D eigenvalue weighted by Gasteiger charge is 2.35. The predicted octanol–water partition coefficient (Wildman–Crippen LogP) is 4.75. The Hall–Kier alpha value is -4.43. The summed E-state index contributed by atoms with van der Waals surface area (Å²) >= 11 is 6.87. The molecular weight excluding hydrogens is 585 g/mol. The van der Waals surface area contributed by atoms with E-state index >= 15 is 0 Å². The average molecular weight is 605 g/mol. The van der Waals surface area contributed by atoms with Crippen molar-refractivity contribution in [1.82, 2.24) is 19.5 Å². The van der Waals surface area contributed by atoms with E-state index in [0.29, 0.717) is 5.69 Å². The van der Waals surface area contributed by atoms with Crippen molar-refractivity contribution in [2.45, 2.75) is 19.1 Å². The highest BCUT2D eigenvalue weighted by atomic mass is 35.5. The fourth-order valence-corrected chi connectivity index (χ4v) is 5.95. The van der Waals surface area contributed by atoms with Crippen LogP contribution in [0.2, 0.25) is 5.02 Å². The van der Waals surface area contributed by atoms with Crippen LogP contribution in [0, 0.1) is 0 Å². The smallest absolute Gasteiger partial charge is 0.361 e. The number of H-pyrrole nitrogens is 1. The highest BCUT2D eigenvalue weighted by Crippen LogP contribution is 2.35. The van der Waals surface area contributed by atoms with Gasteiger partial charge in [-0.25, -0.2) is 18.4 Å². The van der Waals surface area contributed by atoms with E-state index in [0.717, 1.165) is 0 Å². The Balaban J connectivity index is 1.73. The molecule has 212 valence electrons. The first-order valence-corrected chi connectivity index (χ1v) is 14.0. The first-order chi connectivity index (χ1) is 19.4. The van der Waals surface area contributed by atoms with Gasteiger partial charge in [-0.2, -0.15) is 13.2 Å². The molecule has 3 heterocycles. The molecule has 10 nitrogen and oxygen atoms in total. The quantitative estimate of drug-likeness (QED) is 0.244. The van der Waals surface area contributed by atoms with Gasteiger partial charge in [-0.1, -0.05) is 41.9 Å². The van der Waals surface area contributed by atoms with Gasteiger partial charge in [0.1, 0.15) is 23.2 Å². The lowest BCUT2D eigenvalue weighted by Crippen LogP contribution is -2.30. The van der Waals surface area contributed by atoms with Crippen molar-refractivity contribution < 1.29 is 21.6 Å². The van der Waals surface area contributed by atoms with Gasteiger partial charge < -0.3 is 10.3 Å². The zero-order valence-corrected chi connectivity index (χ0v) is 22.6. The number of aromatic nitrogens is 4. The molecule has 41 heavy (non-hydrogen) atoms. The molecule has 1 atom stereocenters. The number of benzene rings is 2. The second kappa shape index (κ2) is 10.5. The molecule has 0 fully saturated rings. The maximum absolute atomic E-state index is 14.1. The van der Waals surface area contributed by atoms with Crippen molar-refractivity contribution in [3.05, 3.63) is 98.4 Å². The Morgan fingerprint density at radius 1 is 1.02 bits per heavy atom. The maximum atomic E-state index is 14.1. The van der Waals surface area contributed by atoms with Crippen LogP contribution in [0.15, 0.2) is 76.7 Å². The number of nitrogens with one attached hydrogen (secondary N) is 3. The van der Waals surface area contributed by atoms with Crippen LogP contribution in [0.1, 0.15) is 18.7 Å². The Morgan fingerprint density at radius 3 is 2.46 bits per heavy atom. The van der Waals surface area contributed by atoms with Gasteiger partial charge in [0.2, 0.25) is 10.0 Å². The van der Waals surface area contributed by atoms with Crippen LogP contribution in [-0.4, -0.2) is 39.9 Å². The third-order valence-corrected chi connectivity index (χ3v) is 7.76. The van der Waals surface area contributed by atoms with Crippen LogP contribution >= 0.6 is 11.6 Å². The Labute approximate surface area is 234 Å². The van der Waals surface area contributed by atoms with Crippen molar-refractivity contribution in [1.29, 1.82) is 0 Å². The fourth-order valence-electron chi connectivity index (χ4n) is 4.54. The maximum Gasteiger partial charge on any atom is 0.404 e. The Kier molecular flexibility index (Phi) is 7.21. The summed E-state index contributed by atoms with van der Waals surface area (Å²) in [5.41, 5.74) is -0.593. The summed E-state index contributed by atoms with van der Waals surface area (Å²) < 4.78 is 66.4. The van der Waals surface area contributed by atoms with Crippen LogP contribution in [0.3, 0.4) is 0 Å². The number of fused-ring (bicyclic) bond motifs is 2. The normalized spacial score (nSPS) is 12.9. The van der Waals surface area contributed by atoms with E-state index < -0.39 is 33.6 Å². The number of hydrogen-bond acceptors (Lipinski definition) is 7. The summed E-state index contributed by atoms with van der Waals surface area (Å²) in [6, 6.07) is 12.8. The molecule has 0 aliphatic heterocycles. The lowest BCUT2D eigenvalue weighted by molar-refractivity contribution is -0.106. The van der Waals surface area contributed by atoms with Crippen molar-refractivity contribution in [2.75, 3.05) is 15.8 Å². The van der Waals surface area contributed by atoms with Crippen molar-refractivity contribution in [3.8, 4) is 5.69 Å². The summed E-state index contributed by atoms with van der Waals surface area (Å²) in [4.78, 5) is 37.8. The molecule has 3 N–H and O–H groups in total. The molecule has 0 aliphatic rings. The standard InChI is InChI=1S/C26H20ClF3N6O4S/c1-14(34-24-20-18(37)10-11-31-23(20)32-13-33-24)22-21(27)16-8-5-9-17(35-41(39,40)12-26(28,29)30)19(16)25(38)36(22)15-6-3-2-4-7-15/h2-11,13-14,35H,12H2,1H3,(H2,31,32,33,34,37)/t14-/m0/s1. The molecule has 15 heteroatoms. The minimum atomic E-state index is -5.00. The van der Waals surface area contributed by atoms with Gasteiger partial charge in [0.25, 0.3) is 5.56 Å². The molecule has 5 rings (SSSR count). The molecule has 0 radical (unpaired) electrons. The summed E-state index contributed by atoms with van der Waals surface area (Å²) in [6.07, 6.45) is -2.31. The number of halogens is 4. The van der Waals surface area contributed by atoms with E-state index in [1.165, 1.54) is 41.4 Å². The van der Waals surface area contributed by atoms with E-state index in [-0.39, 0.29) is 49.5 Å². The second-order valence-corrected chi connectivity index (χ2v) is 11.1. The van der Waals surface area contributed by atoms with Crippen LogP contribution in [-0.2, 0) is 10.0 Å². The number of aromatic amines is 1. The monoisotopic (exact) mass is 604 g/mol. The average Bonchev–Trinajstić information content (AvgIpc) is 2.89. The largest absolute Gasteiger partial charge is 0.404 e. The van der Waals surface area contributed by atoms with Gasteiger partial charge in [0, 0.05) is 23.3 Å². The van der Waals surface area contributed by atoms with Gasteiger partial charge in [-0.3, -0.25) is 18.9 Å². The summed E-state index contributed by atoms with van der Waals surface area (Å²) in [5, 5.41) is 3.18. The number of rotatable bonds is 7. The molecule has 0 aliphatic carbocycles. The van der Waals surface area contributed by atoms with Crippen molar-refractivity contribution in [2.24, 2.45) is 0 Å². The minimum Gasteiger partial charge on any atom is -0.361 e. The van der Waals surface area contributed by atoms with Gasteiger partial charge in [0.15, 0.2) is 11.2 Å². The SMILES string of the molecule is C[C@H](Nc1ncnc2[nH]ccc(=O)c12)c1c(Cl)c2cccc(NS(=O)(=O)CC(F)(F)F)c2c(=O)n1-c1ccccc1. The summed E-state index contributed by atoms with van der Waals surface area (Å²) in [6.45, 7) is 1.67. The second-order valence-electron chi connectivity index (χ2n) is 9.03. The topological polar surface area (TPSA) is 139 Å². The van der Waals surface area contributed by atoms with Gasteiger partial charge >= 0.3 is 6.18 Å². The molecule has 0 saturated heterocycles. The zero-order chi connectivity index (χ0) is 29.5. The van der Waals surface area contributed by atoms with Crippen LogP contribution in [0.4, 0.5) is 24.7 Å². The number of nitrogens with zero attached hydrogens (tertiary/aromatic N) is 3. The number of para-hydroxylation sites is 1. The van der Waals surface area contributed by atoms with Gasteiger partial charge in [0.05, 0.1) is 27.8 Å². The molecular formula is C26H20ClF3N6O4S. The lowest BCUT2D eigenvalue weighted by atomic mass is 10.1.